The largest absolute Gasteiger partial charge is 0.382 e. The fourth-order valence-electron chi connectivity index (χ4n) is 2.15. The second-order valence-electron chi connectivity index (χ2n) is 4.09. The number of nitrogens with one attached hydrogen (secondary N) is 2. The first-order chi connectivity index (χ1) is 8.24. The van der Waals surface area contributed by atoms with Crippen molar-refractivity contribution in [1.29, 1.82) is 0 Å². The zero-order valence-electron chi connectivity index (χ0n) is 9.16. The number of H-pyrrole nitrogens is 1. The third-order valence-corrected chi connectivity index (χ3v) is 2.94. The lowest BCUT2D eigenvalue weighted by Gasteiger charge is -2.19. The molecule has 0 radical (unpaired) electrons. The summed E-state index contributed by atoms with van der Waals surface area (Å²) in [6, 6.07) is 7.63. The van der Waals surface area contributed by atoms with E-state index in [1.54, 1.807) is 6.07 Å². The van der Waals surface area contributed by atoms with E-state index >= 15 is 0 Å². The van der Waals surface area contributed by atoms with Crippen LogP contribution in [0.5, 0.6) is 0 Å². The van der Waals surface area contributed by atoms with Crippen LogP contribution < -0.4 is 11.1 Å². The van der Waals surface area contributed by atoms with Gasteiger partial charge < -0.3 is 11.1 Å². The number of nitrogen functional groups attached to an aromatic ring is 1. The number of amides is 1. The Morgan fingerprint density at radius 1 is 1.29 bits per heavy atom. The van der Waals surface area contributed by atoms with Crippen LogP contribution in [0.15, 0.2) is 24.3 Å². The van der Waals surface area contributed by atoms with Crippen molar-refractivity contribution in [2.24, 2.45) is 0 Å². The molecule has 0 aliphatic carbocycles. The van der Waals surface area contributed by atoms with Crippen molar-refractivity contribution >= 4 is 17.4 Å². The van der Waals surface area contributed by atoms with Crippen LogP contribution in [0.1, 0.15) is 12.0 Å². The number of rotatable bonds is 1. The molecule has 0 fully saturated rings. The number of nitrogens with zero attached hydrogens (tertiary/aromatic N) is 1. The number of hydrogen-bond acceptors (Lipinski definition) is 3. The first kappa shape index (κ1) is 9.89. The smallest absolute Gasteiger partial charge is 0.224 e. The highest BCUT2D eigenvalue weighted by Gasteiger charge is 2.18. The molecule has 2 heterocycles. The van der Waals surface area contributed by atoms with E-state index < -0.39 is 0 Å². The van der Waals surface area contributed by atoms with Gasteiger partial charge in [-0.15, -0.1) is 0 Å². The third kappa shape index (κ3) is 1.65. The molecule has 1 aliphatic heterocycles. The van der Waals surface area contributed by atoms with Gasteiger partial charge in [-0.3, -0.25) is 9.89 Å². The van der Waals surface area contributed by atoms with E-state index in [1.165, 1.54) is 0 Å². The van der Waals surface area contributed by atoms with Gasteiger partial charge in [0, 0.05) is 23.7 Å². The van der Waals surface area contributed by atoms with Crippen LogP contribution in [0.3, 0.4) is 0 Å². The lowest BCUT2D eigenvalue weighted by atomic mass is 9.95. The molecule has 17 heavy (non-hydrogen) atoms. The predicted octanol–water partition coefficient (Wildman–Crippen LogP) is 1.54. The highest BCUT2D eigenvalue weighted by atomic mass is 16.1. The summed E-state index contributed by atoms with van der Waals surface area (Å²) in [5.41, 5.74) is 9.55. The Bertz CT molecular complexity index is 588. The number of fused-ring (bicyclic) bond motifs is 1. The molecule has 0 spiro atoms. The Hall–Kier alpha value is -2.30. The van der Waals surface area contributed by atoms with Crippen molar-refractivity contribution < 1.29 is 4.79 Å². The van der Waals surface area contributed by atoms with E-state index in [2.05, 4.69) is 15.5 Å². The number of carbonyl (C=O) groups is 1. The van der Waals surface area contributed by atoms with Gasteiger partial charge in [-0.1, -0.05) is 12.1 Å². The topological polar surface area (TPSA) is 83.8 Å². The van der Waals surface area contributed by atoms with Crippen LogP contribution in [0.25, 0.3) is 11.3 Å². The molecule has 0 atom stereocenters. The summed E-state index contributed by atoms with van der Waals surface area (Å²) < 4.78 is 0. The maximum atomic E-state index is 11.3. The van der Waals surface area contributed by atoms with Gasteiger partial charge in [0.25, 0.3) is 0 Å². The Labute approximate surface area is 98.0 Å². The van der Waals surface area contributed by atoms with Crippen LogP contribution in [-0.4, -0.2) is 16.1 Å². The summed E-state index contributed by atoms with van der Waals surface area (Å²) in [5.74, 6) is 0.538. The molecular formula is C12H12N4O. The molecule has 1 aromatic carbocycles. The zero-order valence-corrected chi connectivity index (χ0v) is 9.16. The van der Waals surface area contributed by atoms with E-state index in [0.717, 1.165) is 28.9 Å². The first-order valence-corrected chi connectivity index (χ1v) is 5.47. The molecule has 0 saturated heterocycles. The Kier molecular flexibility index (Phi) is 2.11. The van der Waals surface area contributed by atoms with E-state index in [-0.39, 0.29) is 5.91 Å². The Morgan fingerprint density at radius 2 is 2.18 bits per heavy atom. The van der Waals surface area contributed by atoms with Gasteiger partial charge in [0.1, 0.15) is 5.82 Å². The third-order valence-electron chi connectivity index (χ3n) is 2.94. The van der Waals surface area contributed by atoms with Crippen molar-refractivity contribution in [3.8, 4) is 11.3 Å². The molecule has 5 nitrogen and oxygen atoms in total. The minimum absolute atomic E-state index is 0.0683. The molecule has 0 saturated carbocycles. The zero-order chi connectivity index (χ0) is 11.8. The second-order valence-corrected chi connectivity index (χ2v) is 4.09. The lowest BCUT2D eigenvalue weighted by molar-refractivity contribution is -0.116. The minimum atomic E-state index is 0.0683. The van der Waals surface area contributed by atoms with E-state index in [9.17, 15) is 4.79 Å². The summed E-state index contributed by atoms with van der Waals surface area (Å²) in [6.45, 7) is 0. The molecule has 86 valence electrons. The highest BCUT2D eigenvalue weighted by Crippen LogP contribution is 2.32. The normalized spacial score (nSPS) is 14.2. The molecule has 1 aromatic heterocycles. The van der Waals surface area contributed by atoms with Gasteiger partial charge in [0.05, 0.1) is 5.69 Å². The molecule has 1 aliphatic rings. The summed E-state index contributed by atoms with van der Waals surface area (Å²) in [4.78, 5) is 11.3. The summed E-state index contributed by atoms with van der Waals surface area (Å²) in [5, 5.41) is 9.69. The van der Waals surface area contributed by atoms with E-state index in [0.29, 0.717) is 12.2 Å². The molecule has 0 bridgehead atoms. The molecule has 2 aromatic rings. The van der Waals surface area contributed by atoms with E-state index in [1.807, 2.05) is 18.2 Å². The van der Waals surface area contributed by atoms with Crippen molar-refractivity contribution in [1.82, 2.24) is 10.2 Å². The molecular weight excluding hydrogens is 216 g/mol. The fourth-order valence-corrected chi connectivity index (χ4v) is 2.15. The quantitative estimate of drug-likeness (QED) is 0.692. The fraction of sp³-hybridized carbons (Fsp3) is 0.167. The number of aromatic nitrogens is 2. The summed E-state index contributed by atoms with van der Waals surface area (Å²) in [7, 11) is 0. The van der Waals surface area contributed by atoms with Crippen LogP contribution in [0.4, 0.5) is 11.5 Å². The van der Waals surface area contributed by atoms with Crippen LogP contribution in [0, 0.1) is 0 Å². The summed E-state index contributed by atoms with van der Waals surface area (Å²) in [6.07, 6.45) is 1.27. The van der Waals surface area contributed by atoms with Gasteiger partial charge in [-0.25, -0.2) is 0 Å². The van der Waals surface area contributed by atoms with Gasteiger partial charge in [0.2, 0.25) is 5.91 Å². The van der Waals surface area contributed by atoms with Crippen molar-refractivity contribution in [2.45, 2.75) is 12.8 Å². The van der Waals surface area contributed by atoms with Crippen molar-refractivity contribution in [2.75, 3.05) is 11.1 Å². The van der Waals surface area contributed by atoms with Gasteiger partial charge in [-0.05, 0) is 18.1 Å². The molecule has 5 heteroatoms. The Morgan fingerprint density at radius 3 is 2.94 bits per heavy atom. The molecule has 1 amide bonds. The summed E-state index contributed by atoms with van der Waals surface area (Å²) >= 11 is 0. The average Bonchev–Trinajstić information content (AvgIpc) is 2.74. The Balaban J connectivity index is 2.12. The highest BCUT2D eigenvalue weighted by molar-refractivity contribution is 5.95. The predicted molar refractivity (Wildman–Crippen MR) is 65.4 cm³/mol. The molecule has 4 N–H and O–H groups in total. The van der Waals surface area contributed by atoms with E-state index in [4.69, 9.17) is 5.73 Å². The standard InChI is InChI=1S/C12H12N4O/c13-11-6-10(15-16-11)7-2-1-3-9-8(7)4-5-12(17)14-9/h1-3,6H,4-5H2,(H,14,17)(H3,13,15,16). The molecule has 3 rings (SSSR count). The number of benzene rings is 1. The van der Waals surface area contributed by atoms with Crippen molar-refractivity contribution in [3.63, 3.8) is 0 Å². The maximum Gasteiger partial charge on any atom is 0.224 e. The first-order valence-electron chi connectivity index (χ1n) is 5.47. The van der Waals surface area contributed by atoms with Crippen LogP contribution >= 0.6 is 0 Å². The second kappa shape index (κ2) is 3.62. The number of aromatic amines is 1. The minimum Gasteiger partial charge on any atom is -0.382 e. The lowest BCUT2D eigenvalue weighted by Crippen LogP contribution is -2.19. The van der Waals surface area contributed by atoms with Crippen LogP contribution in [-0.2, 0) is 11.2 Å². The number of anilines is 2. The monoisotopic (exact) mass is 228 g/mol. The number of hydrogen-bond donors (Lipinski definition) is 3. The van der Waals surface area contributed by atoms with Crippen molar-refractivity contribution in [3.05, 3.63) is 29.8 Å². The maximum absolute atomic E-state index is 11.3. The van der Waals surface area contributed by atoms with Crippen LogP contribution in [0.2, 0.25) is 0 Å². The number of nitrogens with two attached hydrogens (primary N) is 1. The average molecular weight is 228 g/mol. The van der Waals surface area contributed by atoms with Gasteiger partial charge >= 0.3 is 0 Å². The SMILES string of the molecule is Nc1cc(-c2cccc3c2CCC(=O)N3)[nH]n1. The van der Waals surface area contributed by atoms with Gasteiger partial charge in [-0.2, -0.15) is 5.10 Å². The van der Waals surface area contributed by atoms with Gasteiger partial charge in [0.15, 0.2) is 0 Å². The number of carbonyl (C=O) groups excluding carboxylic acids is 1. The molecule has 0 unspecified atom stereocenters.